The Labute approximate surface area is 103 Å². The third-order valence-electron chi connectivity index (χ3n) is 3.41. The van der Waals surface area contributed by atoms with Gasteiger partial charge in [-0.25, -0.2) is 0 Å². The van der Waals surface area contributed by atoms with Crippen LogP contribution in [0, 0.1) is 5.41 Å². The van der Waals surface area contributed by atoms with E-state index < -0.39 is 0 Å². The van der Waals surface area contributed by atoms with E-state index in [4.69, 9.17) is 0 Å². The van der Waals surface area contributed by atoms with Crippen molar-refractivity contribution in [1.29, 1.82) is 0 Å². The molecule has 0 amide bonds. The fraction of sp³-hybridized carbons (Fsp3) is 0.467. The second-order valence-electron chi connectivity index (χ2n) is 5.16. The van der Waals surface area contributed by atoms with Gasteiger partial charge in [0.1, 0.15) is 0 Å². The van der Waals surface area contributed by atoms with E-state index in [-0.39, 0.29) is 5.41 Å². The molecule has 2 nitrogen and oxygen atoms in total. The minimum Gasteiger partial charge on any atom is -0.396 e. The smallest absolute Gasteiger partial charge is 0.0499 e. The molecule has 0 saturated heterocycles. The van der Waals surface area contributed by atoms with Crippen molar-refractivity contribution in [3.8, 4) is 0 Å². The second kappa shape index (κ2) is 5.48. The Balaban J connectivity index is 1.77. The first kappa shape index (κ1) is 12.3. The molecule has 92 valence electrons. The molecule has 1 aliphatic rings. The molecule has 2 rings (SSSR count). The SMILES string of the molecule is CC(=Cc1ccccc1)CNCC1(CO)CC1. The number of nitrogens with one attached hydrogen (secondary N) is 1. The Kier molecular flexibility index (Phi) is 3.97. The van der Waals surface area contributed by atoms with Gasteiger partial charge in [-0.05, 0) is 25.3 Å². The van der Waals surface area contributed by atoms with Crippen LogP contribution < -0.4 is 5.32 Å². The number of aliphatic hydroxyl groups is 1. The topological polar surface area (TPSA) is 32.3 Å². The van der Waals surface area contributed by atoms with Crippen molar-refractivity contribution in [3.63, 3.8) is 0 Å². The Morgan fingerprint density at radius 3 is 2.65 bits per heavy atom. The fourth-order valence-electron chi connectivity index (χ4n) is 1.98. The average Bonchev–Trinajstić information content (AvgIpc) is 3.11. The molecule has 2 N–H and O–H groups in total. The maximum absolute atomic E-state index is 9.20. The van der Waals surface area contributed by atoms with E-state index in [1.165, 1.54) is 11.1 Å². The van der Waals surface area contributed by atoms with Crippen molar-refractivity contribution in [3.05, 3.63) is 41.5 Å². The van der Waals surface area contributed by atoms with E-state index in [1.807, 2.05) is 6.07 Å². The van der Waals surface area contributed by atoms with Crippen LogP contribution >= 0.6 is 0 Å². The Bertz CT molecular complexity index is 379. The van der Waals surface area contributed by atoms with Crippen LogP contribution in [0.3, 0.4) is 0 Å². The molecule has 0 radical (unpaired) electrons. The summed E-state index contributed by atoms with van der Waals surface area (Å²) in [4.78, 5) is 0. The number of aliphatic hydroxyl groups excluding tert-OH is 1. The number of rotatable bonds is 6. The van der Waals surface area contributed by atoms with Crippen LogP contribution in [0.25, 0.3) is 6.08 Å². The van der Waals surface area contributed by atoms with Gasteiger partial charge in [-0.15, -0.1) is 0 Å². The molecule has 0 unspecified atom stereocenters. The van der Waals surface area contributed by atoms with Gasteiger partial charge in [0.25, 0.3) is 0 Å². The lowest BCUT2D eigenvalue weighted by Crippen LogP contribution is -2.27. The van der Waals surface area contributed by atoms with Crippen molar-refractivity contribution >= 4 is 6.08 Å². The van der Waals surface area contributed by atoms with E-state index >= 15 is 0 Å². The van der Waals surface area contributed by atoms with Gasteiger partial charge in [0, 0.05) is 25.1 Å². The van der Waals surface area contributed by atoms with Crippen LogP contribution in [0.5, 0.6) is 0 Å². The van der Waals surface area contributed by atoms with Crippen LogP contribution in [0.4, 0.5) is 0 Å². The summed E-state index contributed by atoms with van der Waals surface area (Å²) in [5.74, 6) is 0. The lowest BCUT2D eigenvalue weighted by Gasteiger charge is -2.12. The molecular formula is C15H21NO. The number of benzene rings is 1. The predicted molar refractivity (Wildman–Crippen MR) is 71.7 cm³/mol. The quantitative estimate of drug-likeness (QED) is 0.788. The monoisotopic (exact) mass is 231 g/mol. The standard InChI is InChI=1S/C15H21NO/c1-13(9-14-5-3-2-4-6-14)10-16-11-15(12-17)7-8-15/h2-6,9,16-17H,7-8,10-12H2,1H3. The van der Waals surface area contributed by atoms with Gasteiger partial charge in [0.2, 0.25) is 0 Å². The van der Waals surface area contributed by atoms with Crippen molar-refractivity contribution in [2.45, 2.75) is 19.8 Å². The lowest BCUT2D eigenvalue weighted by atomic mass is 10.1. The summed E-state index contributed by atoms with van der Waals surface area (Å²) in [6, 6.07) is 10.4. The van der Waals surface area contributed by atoms with Gasteiger partial charge in [-0.2, -0.15) is 0 Å². The lowest BCUT2D eigenvalue weighted by molar-refractivity contribution is 0.209. The van der Waals surface area contributed by atoms with E-state index in [0.717, 1.165) is 25.9 Å². The molecule has 0 heterocycles. The van der Waals surface area contributed by atoms with E-state index in [2.05, 4.69) is 42.6 Å². The largest absolute Gasteiger partial charge is 0.396 e. The molecule has 2 heteroatoms. The first-order chi connectivity index (χ1) is 8.24. The minimum atomic E-state index is 0.201. The van der Waals surface area contributed by atoms with Gasteiger partial charge < -0.3 is 10.4 Å². The average molecular weight is 231 g/mol. The number of hydrogen-bond acceptors (Lipinski definition) is 2. The summed E-state index contributed by atoms with van der Waals surface area (Å²) >= 11 is 0. The fourth-order valence-corrected chi connectivity index (χ4v) is 1.98. The molecule has 0 aromatic heterocycles. The first-order valence-electron chi connectivity index (χ1n) is 6.28. The van der Waals surface area contributed by atoms with E-state index in [9.17, 15) is 5.11 Å². The van der Waals surface area contributed by atoms with Crippen LogP contribution in [-0.4, -0.2) is 24.8 Å². The second-order valence-corrected chi connectivity index (χ2v) is 5.16. The maximum Gasteiger partial charge on any atom is 0.0499 e. The molecule has 1 saturated carbocycles. The highest BCUT2D eigenvalue weighted by Gasteiger charge is 2.41. The highest BCUT2D eigenvalue weighted by atomic mass is 16.3. The zero-order valence-electron chi connectivity index (χ0n) is 10.4. The third-order valence-corrected chi connectivity index (χ3v) is 3.41. The maximum atomic E-state index is 9.20. The van der Waals surface area contributed by atoms with Crippen molar-refractivity contribution < 1.29 is 5.11 Å². The summed E-state index contributed by atoms with van der Waals surface area (Å²) < 4.78 is 0. The van der Waals surface area contributed by atoms with Gasteiger partial charge in [0.15, 0.2) is 0 Å². The molecule has 1 fully saturated rings. The summed E-state index contributed by atoms with van der Waals surface area (Å²) in [6.45, 7) is 4.29. The summed E-state index contributed by atoms with van der Waals surface area (Å²) in [6.07, 6.45) is 4.53. The normalized spacial score (nSPS) is 18.1. The van der Waals surface area contributed by atoms with E-state index in [0.29, 0.717) is 6.61 Å². The minimum absolute atomic E-state index is 0.201. The van der Waals surface area contributed by atoms with Gasteiger partial charge in [-0.1, -0.05) is 42.0 Å². The van der Waals surface area contributed by atoms with Crippen molar-refractivity contribution in [2.75, 3.05) is 19.7 Å². The molecule has 0 spiro atoms. The summed E-state index contributed by atoms with van der Waals surface area (Å²) in [5, 5.41) is 12.6. The van der Waals surface area contributed by atoms with Gasteiger partial charge in [-0.3, -0.25) is 0 Å². The highest BCUT2D eigenvalue weighted by Crippen LogP contribution is 2.44. The van der Waals surface area contributed by atoms with Crippen LogP contribution in [0.1, 0.15) is 25.3 Å². The highest BCUT2D eigenvalue weighted by molar-refractivity contribution is 5.52. The molecule has 1 aromatic carbocycles. The molecule has 1 aliphatic carbocycles. The van der Waals surface area contributed by atoms with Gasteiger partial charge in [0.05, 0.1) is 0 Å². The zero-order valence-corrected chi connectivity index (χ0v) is 10.4. The number of hydrogen-bond donors (Lipinski definition) is 2. The molecular weight excluding hydrogens is 210 g/mol. The first-order valence-corrected chi connectivity index (χ1v) is 6.28. The Hall–Kier alpha value is -1.12. The molecule has 0 atom stereocenters. The van der Waals surface area contributed by atoms with Crippen molar-refractivity contribution in [1.82, 2.24) is 5.32 Å². The third kappa shape index (κ3) is 3.69. The van der Waals surface area contributed by atoms with Crippen LogP contribution in [0.2, 0.25) is 0 Å². The summed E-state index contributed by atoms with van der Waals surface area (Å²) in [5.41, 5.74) is 2.77. The van der Waals surface area contributed by atoms with Crippen LogP contribution in [0.15, 0.2) is 35.9 Å². The van der Waals surface area contributed by atoms with Crippen LogP contribution in [-0.2, 0) is 0 Å². The molecule has 1 aromatic rings. The van der Waals surface area contributed by atoms with Gasteiger partial charge >= 0.3 is 0 Å². The Morgan fingerprint density at radius 1 is 1.35 bits per heavy atom. The molecule has 0 bridgehead atoms. The molecule has 0 aliphatic heterocycles. The predicted octanol–water partition coefficient (Wildman–Crippen LogP) is 2.45. The Morgan fingerprint density at radius 2 is 2.06 bits per heavy atom. The zero-order chi connectivity index (χ0) is 12.1. The van der Waals surface area contributed by atoms with E-state index in [1.54, 1.807) is 0 Å². The summed E-state index contributed by atoms with van der Waals surface area (Å²) in [7, 11) is 0. The van der Waals surface area contributed by atoms with Crippen molar-refractivity contribution in [2.24, 2.45) is 5.41 Å². The molecule has 17 heavy (non-hydrogen) atoms.